The number of aryl methyl sites for hydroxylation is 2. The third-order valence-corrected chi connectivity index (χ3v) is 2.69. The predicted molar refractivity (Wildman–Crippen MR) is 80.4 cm³/mol. The van der Waals surface area contributed by atoms with Gasteiger partial charge < -0.3 is 9.64 Å². The molecule has 1 amide bonds. The molecule has 0 aromatic heterocycles. The molecule has 1 fully saturated rings. The second-order valence-electron chi connectivity index (χ2n) is 4.10. The van der Waals surface area contributed by atoms with Gasteiger partial charge >= 0.3 is 0 Å². The maximum Gasteiger partial charge on any atom is 0.209 e. The molecule has 0 saturated carbocycles. The second kappa shape index (κ2) is 11.7. The zero-order chi connectivity index (χ0) is 14.5. The van der Waals surface area contributed by atoms with Gasteiger partial charge in [0.15, 0.2) is 0 Å². The number of hydrogen-bond donors (Lipinski definition) is 0. The normalized spacial score (nSPS) is 13.6. The summed E-state index contributed by atoms with van der Waals surface area (Å²) in [5.41, 5.74) is 2.78. The quantitative estimate of drug-likeness (QED) is 0.769. The van der Waals surface area contributed by atoms with E-state index in [1.54, 1.807) is 4.90 Å². The van der Waals surface area contributed by atoms with E-state index in [0.29, 0.717) is 13.2 Å². The Hall–Kier alpha value is -1.35. The molecular formula is C16H27NO2. The smallest absolute Gasteiger partial charge is 0.209 e. The van der Waals surface area contributed by atoms with Crippen LogP contribution in [0.25, 0.3) is 0 Å². The Morgan fingerprint density at radius 3 is 2.26 bits per heavy atom. The van der Waals surface area contributed by atoms with Crippen molar-refractivity contribution in [3.05, 3.63) is 35.4 Å². The molecule has 3 heteroatoms. The summed E-state index contributed by atoms with van der Waals surface area (Å²) >= 11 is 0. The van der Waals surface area contributed by atoms with Crippen molar-refractivity contribution in [3.63, 3.8) is 0 Å². The number of carbonyl (C=O) groups is 1. The zero-order valence-corrected chi connectivity index (χ0v) is 12.7. The van der Waals surface area contributed by atoms with Gasteiger partial charge in [-0.05, 0) is 18.9 Å². The van der Waals surface area contributed by atoms with Gasteiger partial charge in [0.1, 0.15) is 0 Å². The van der Waals surface area contributed by atoms with Gasteiger partial charge in [-0.1, -0.05) is 50.6 Å². The molecule has 0 radical (unpaired) electrons. The molecule has 0 spiro atoms. The monoisotopic (exact) mass is 265 g/mol. The lowest BCUT2D eigenvalue weighted by atomic mass is 10.1. The highest BCUT2D eigenvalue weighted by atomic mass is 16.5. The van der Waals surface area contributed by atoms with Crippen molar-refractivity contribution < 1.29 is 9.53 Å². The Morgan fingerprint density at radius 1 is 1.26 bits per heavy atom. The van der Waals surface area contributed by atoms with Crippen LogP contribution in [0.2, 0.25) is 0 Å². The first-order chi connectivity index (χ1) is 9.26. The maximum absolute atomic E-state index is 10.0. The SMILES string of the molecule is CC.CCc1cccc(C)c1.O=CN1CCOCC1. The minimum absolute atomic E-state index is 0.693. The molecule has 0 N–H and O–H groups in total. The van der Waals surface area contributed by atoms with Crippen LogP contribution in [0.5, 0.6) is 0 Å². The van der Waals surface area contributed by atoms with E-state index in [1.165, 1.54) is 11.1 Å². The second-order valence-corrected chi connectivity index (χ2v) is 4.10. The first-order valence-corrected chi connectivity index (χ1v) is 7.09. The molecule has 1 aromatic rings. The van der Waals surface area contributed by atoms with E-state index in [0.717, 1.165) is 25.9 Å². The Morgan fingerprint density at radius 2 is 1.89 bits per heavy atom. The van der Waals surface area contributed by atoms with Crippen LogP contribution in [0.3, 0.4) is 0 Å². The van der Waals surface area contributed by atoms with Crippen LogP contribution in [0.15, 0.2) is 24.3 Å². The number of rotatable bonds is 2. The van der Waals surface area contributed by atoms with Crippen LogP contribution >= 0.6 is 0 Å². The van der Waals surface area contributed by atoms with Gasteiger partial charge in [-0.2, -0.15) is 0 Å². The lowest BCUT2D eigenvalue weighted by Gasteiger charge is -2.21. The summed E-state index contributed by atoms with van der Waals surface area (Å²) in [4.78, 5) is 11.7. The lowest BCUT2D eigenvalue weighted by Crippen LogP contribution is -2.34. The van der Waals surface area contributed by atoms with Crippen molar-refractivity contribution >= 4 is 6.41 Å². The van der Waals surface area contributed by atoms with E-state index >= 15 is 0 Å². The van der Waals surface area contributed by atoms with Crippen LogP contribution in [0, 0.1) is 6.92 Å². The minimum atomic E-state index is 0.693. The highest BCUT2D eigenvalue weighted by molar-refractivity contribution is 5.46. The van der Waals surface area contributed by atoms with E-state index in [9.17, 15) is 4.79 Å². The fraction of sp³-hybridized carbons (Fsp3) is 0.562. The molecule has 1 aliphatic heterocycles. The summed E-state index contributed by atoms with van der Waals surface area (Å²) < 4.78 is 5.00. The third-order valence-electron chi connectivity index (χ3n) is 2.69. The summed E-state index contributed by atoms with van der Waals surface area (Å²) in [6.07, 6.45) is 2.00. The number of hydrogen-bond acceptors (Lipinski definition) is 2. The molecular weight excluding hydrogens is 238 g/mol. The third kappa shape index (κ3) is 8.38. The van der Waals surface area contributed by atoms with Crippen molar-refractivity contribution in [2.45, 2.75) is 34.1 Å². The zero-order valence-electron chi connectivity index (χ0n) is 12.7. The van der Waals surface area contributed by atoms with Gasteiger partial charge in [-0.15, -0.1) is 0 Å². The highest BCUT2D eigenvalue weighted by Crippen LogP contribution is 2.03. The van der Waals surface area contributed by atoms with Crippen LogP contribution in [-0.2, 0) is 16.0 Å². The average Bonchev–Trinajstić information content (AvgIpc) is 2.50. The molecule has 0 bridgehead atoms. The number of benzene rings is 1. The molecule has 1 aliphatic rings. The van der Waals surface area contributed by atoms with Crippen LogP contribution in [0.4, 0.5) is 0 Å². The van der Waals surface area contributed by atoms with Gasteiger partial charge in [-0.3, -0.25) is 4.79 Å². The average molecular weight is 265 g/mol. The Balaban J connectivity index is 0.000000303. The summed E-state index contributed by atoms with van der Waals surface area (Å²) in [5.74, 6) is 0. The van der Waals surface area contributed by atoms with E-state index in [2.05, 4.69) is 38.1 Å². The van der Waals surface area contributed by atoms with E-state index in [1.807, 2.05) is 13.8 Å². The largest absolute Gasteiger partial charge is 0.378 e. The van der Waals surface area contributed by atoms with Crippen molar-refractivity contribution in [2.24, 2.45) is 0 Å². The molecule has 1 saturated heterocycles. The van der Waals surface area contributed by atoms with Gasteiger partial charge in [0.2, 0.25) is 6.41 Å². The van der Waals surface area contributed by atoms with E-state index < -0.39 is 0 Å². The number of amides is 1. The molecule has 1 aromatic carbocycles. The fourth-order valence-electron chi connectivity index (χ4n) is 1.61. The lowest BCUT2D eigenvalue weighted by molar-refractivity contribution is -0.121. The number of nitrogens with zero attached hydrogens (tertiary/aromatic N) is 1. The van der Waals surface area contributed by atoms with E-state index in [-0.39, 0.29) is 0 Å². The number of carbonyl (C=O) groups excluding carboxylic acids is 1. The molecule has 1 heterocycles. The van der Waals surface area contributed by atoms with Crippen molar-refractivity contribution in [1.82, 2.24) is 4.90 Å². The molecule has 108 valence electrons. The van der Waals surface area contributed by atoms with Crippen molar-refractivity contribution in [2.75, 3.05) is 26.3 Å². The molecule has 0 unspecified atom stereocenters. The molecule has 0 aliphatic carbocycles. The van der Waals surface area contributed by atoms with Gasteiger partial charge in [0.05, 0.1) is 13.2 Å². The summed E-state index contributed by atoms with van der Waals surface area (Å²) in [6.45, 7) is 11.2. The summed E-state index contributed by atoms with van der Waals surface area (Å²) in [7, 11) is 0. The number of morpholine rings is 1. The van der Waals surface area contributed by atoms with Gasteiger partial charge in [0.25, 0.3) is 0 Å². The summed E-state index contributed by atoms with van der Waals surface area (Å²) in [6, 6.07) is 8.61. The van der Waals surface area contributed by atoms with Crippen LogP contribution in [-0.4, -0.2) is 37.6 Å². The Labute approximate surface area is 117 Å². The topological polar surface area (TPSA) is 29.5 Å². The summed E-state index contributed by atoms with van der Waals surface area (Å²) in [5, 5.41) is 0. The van der Waals surface area contributed by atoms with Crippen LogP contribution < -0.4 is 0 Å². The standard InChI is InChI=1S/C9H12.C5H9NO2.C2H6/c1-3-9-6-4-5-8(2)7-9;7-5-6-1-3-8-4-2-6;1-2/h4-7H,3H2,1-2H3;5H,1-4H2;1-2H3. The minimum Gasteiger partial charge on any atom is -0.378 e. The first kappa shape index (κ1) is 17.6. The fourth-order valence-corrected chi connectivity index (χ4v) is 1.61. The predicted octanol–water partition coefficient (Wildman–Crippen LogP) is 3.06. The molecule has 19 heavy (non-hydrogen) atoms. The van der Waals surface area contributed by atoms with Gasteiger partial charge in [0, 0.05) is 13.1 Å². The van der Waals surface area contributed by atoms with E-state index in [4.69, 9.17) is 4.74 Å². The first-order valence-electron chi connectivity index (χ1n) is 7.09. The van der Waals surface area contributed by atoms with Crippen LogP contribution in [0.1, 0.15) is 31.9 Å². The maximum atomic E-state index is 10.0. The van der Waals surface area contributed by atoms with Gasteiger partial charge in [-0.25, -0.2) is 0 Å². The number of ether oxygens (including phenoxy) is 1. The van der Waals surface area contributed by atoms with Crippen molar-refractivity contribution in [3.8, 4) is 0 Å². The Kier molecular flexibility index (Phi) is 10.9. The molecule has 3 nitrogen and oxygen atoms in total. The molecule has 2 rings (SSSR count). The van der Waals surface area contributed by atoms with Crippen molar-refractivity contribution in [1.29, 1.82) is 0 Å². The Bertz CT molecular complexity index is 333. The highest BCUT2D eigenvalue weighted by Gasteiger charge is 2.05. The molecule has 0 atom stereocenters.